The van der Waals surface area contributed by atoms with Crippen molar-refractivity contribution in [2.45, 2.75) is 0 Å². The lowest BCUT2D eigenvalue weighted by Gasteiger charge is -2.10. The van der Waals surface area contributed by atoms with Crippen LogP contribution in [-0.2, 0) is 0 Å². The highest BCUT2D eigenvalue weighted by molar-refractivity contribution is 6.06. The second kappa shape index (κ2) is 5.25. The number of amides is 1. The number of rotatable bonds is 4. The summed E-state index contributed by atoms with van der Waals surface area (Å²) in [7, 11) is 3.03. The highest BCUT2D eigenvalue weighted by Crippen LogP contribution is 2.29. The van der Waals surface area contributed by atoms with Gasteiger partial charge in [0.25, 0.3) is 5.91 Å². The highest BCUT2D eigenvalue weighted by atomic mass is 16.5. The van der Waals surface area contributed by atoms with Gasteiger partial charge in [-0.2, -0.15) is 5.21 Å². The molecule has 0 fully saturated rings. The van der Waals surface area contributed by atoms with E-state index in [9.17, 15) is 4.79 Å². The van der Waals surface area contributed by atoms with Crippen molar-refractivity contribution in [2.24, 2.45) is 0 Å². The van der Waals surface area contributed by atoms with Crippen molar-refractivity contribution in [1.82, 2.24) is 15.4 Å². The minimum atomic E-state index is -0.488. The fourth-order valence-corrected chi connectivity index (χ4v) is 1.50. The Kier molecular flexibility index (Phi) is 3.51. The number of nitrogens with two attached hydrogens (primary N) is 1. The Balaban J connectivity index is 2.27. The average Bonchev–Trinajstić information content (AvgIpc) is 2.85. The molecule has 0 aliphatic rings. The highest BCUT2D eigenvalue weighted by Gasteiger charge is 2.16. The third kappa shape index (κ3) is 2.57. The van der Waals surface area contributed by atoms with Crippen molar-refractivity contribution in [1.29, 1.82) is 0 Å². The van der Waals surface area contributed by atoms with Crippen LogP contribution in [0.3, 0.4) is 0 Å². The second-order valence-electron chi connectivity index (χ2n) is 3.58. The van der Waals surface area contributed by atoms with Gasteiger partial charge in [-0.15, -0.1) is 10.2 Å². The zero-order chi connectivity index (χ0) is 13.8. The first-order chi connectivity index (χ1) is 9.15. The number of nitrogen functional groups attached to an aromatic ring is 1. The molecular weight excluding hydrogens is 250 g/mol. The van der Waals surface area contributed by atoms with Gasteiger partial charge in [-0.25, -0.2) is 0 Å². The number of hydrogen-bond acceptors (Lipinski definition) is 6. The van der Waals surface area contributed by atoms with Crippen molar-refractivity contribution in [3.05, 3.63) is 23.9 Å². The number of nitrogens with one attached hydrogen (secondary N) is 2. The van der Waals surface area contributed by atoms with E-state index in [0.29, 0.717) is 17.2 Å². The minimum Gasteiger partial charge on any atom is -0.497 e. The van der Waals surface area contributed by atoms with Gasteiger partial charge in [0.05, 0.1) is 19.9 Å². The molecule has 0 unspecified atom stereocenters. The largest absolute Gasteiger partial charge is 0.497 e. The summed E-state index contributed by atoms with van der Waals surface area (Å²) >= 11 is 0. The maximum absolute atomic E-state index is 12.0. The van der Waals surface area contributed by atoms with Crippen LogP contribution < -0.4 is 20.5 Å². The van der Waals surface area contributed by atoms with E-state index in [-0.39, 0.29) is 11.5 Å². The molecule has 100 valence electrons. The molecule has 1 aromatic carbocycles. The van der Waals surface area contributed by atoms with Crippen molar-refractivity contribution in [2.75, 3.05) is 25.3 Å². The van der Waals surface area contributed by atoms with Crippen molar-refractivity contribution in [3.8, 4) is 11.5 Å². The molecule has 0 atom stereocenters. The number of hydrogen-bond donors (Lipinski definition) is 3. The predicted octanol–water partition coefficient (Wildman–Crippen LogP) is 0.656. The molecule has 0 saturated carbocycles. The lowest BCUT2D eigenvalue weighted by atomic mass is 10.2. The van der Waals surface area contributed by atoms with Gasteiger partial charge in [0.1, 0.15) is 11.5 Å². The van der Waals surface area contributed by atoms with Crippen LogP contribution in [0.25, 0.3) is 0 Å². The van der Waals surface area contributed by atoms with E-state index in [0.717, 1.165) is 0 Å². The van der Waals surface area contributed by atoms with Crippen LogP contribution in [-0.4, -0.2) is 35.5 Å². The van der Waals surface area contributed by atoms with Crippen LogP contribution >= 0.6 is 0 Å². The molecule has 1 aromatic heterocycles. The molecule has 2 rings (SSSR count). The van der Waals surface area contributed by atoms with Crippen LogP contribution in [0.5, 0.6) is 11.5 Å². The topological polar surface area (TPSA) is 115 Å². The van der Waals surface area contributed by atoms with Crippen LogP contribution in [0.4, 0.5) is 11.5 Å². The van der Waals surface area contributed by atoms with Crippen LogP contribution in [0, 0.1) is 0 Å². The fourth-order valence-electron chi connectivity index (χ4n) is 1.50. The lowest BCUT2D eigenvalue weighted by Crippen LogP contribution is -2.15. The summed E-state index contributed by atoms with van der Waals surface area (Å²) in [6.07, 6.45) is 0. The first kappa shape index (κ1) is 12.7. The Morgan fingerprint density at radius 1 is 1.32 bits per heavy atom. The van der Waals surface area contributed by atoms with Gasteiger partial charge >= 0.3 is 0 Å². The van der Waals surface area contributed by atoms with E-state index in [1.165, 1.54) is 14.2 Å². The molecule has 0 spiro atoms. The van der Waals surface area contributed by atoms with E-state index in [2.05, 4.69) is 20.7 Å². The summed E-state index contributed by atoms with van der Waals surface area (Å²) < 4.78 is 10.2. The molecule has 8 nitrogen and oxygen atoms in total. The van der Waals surface area contributed by atoms with Crippen LogP contribution in [0.2, 0.25) is 0 Å². The molecule has 0 aliphatic heterocycles. The van der Waals surface area contributed by atoms with Crippen molar-refractivity contribution in [3.63, 3.8) is 0 Å². The Hall–Kier alpha value is -2.77. The molecule has 1 heterocycles. The molecule has 0 aliphatic carbocycles. The SMILES string of the molecule is COc1ccc(OC)c(NC(=O)c2n[nH]nc2N)c1. The number of methoxy groups -OCH3 is 2. The third-order valence-corrected chi connectivity index (χ3v) is 2.44. The quantitative estimate of drug-likeness (QED) is 0.746. The van der Waals surface area contributed by atoms with Crippen LogP contribution in [0.1, 0.15) is 10.5 Å². The molecule has 0 saturated heterocycles. The van der Waals surface area contributed by atoms with Gasteiger partial charge in [0.2, 0.25) is 0 Å². The third-order valence-electron chi connectivity index (χ3n) is 2.44. The number of H-pyrrole nitrogens is 1. The zero-order valence-electron chi connectivity index (χ0n) is 10.4. The summed E-state index contributed by atoms with van der Waals surface area (Å²) in [4.78, 5) is 12.0. The fraction of sp³-hybridized carbons (Fsp3) is 0.182. The molecule has 0 radical (unpaired) electrons. The van der Waals surface area contributed by atoms with Crippen molar-refractivity contribution < 1.29 is 14.3 Å². The number of aromatic amines is 1. The maximum Gasteiger partial charge on any atom is 0.280 e. The molecular formula is C11H13N5O3. The summed E-state index contributed by atoms with van der Waals surface area (Å²) in [6, 6.07) is 5.03. The number of benzene rings is 1. The normalized spacial score (nSPS) is 10.0. The van der Waals surface area contributed by atoms with Gasteiger partial charge in [0, 0.05) is 6.07 Å². The number of carbonyl (C=O) groups excluding carboxylic acids is 1. The summed E-state index contributed by atoms with van der Waals surface area (Å²) in [5, 5.41) is 12.2. The van der Waals surface area contributed by atoms with Gasteiger partial charge in [-0.05, 0) is 12.1 Å². The van der Waals surface area contributed by atoms with E-state index in [1.807, 2.05) is 0 Å². The number of nitrogens with zero attached hydrogens (tertiary/aromatic N) is 2. The molecule has 1 amide bonds. The minimum absolute atomic E-state index is 0.0184. The molecule has 4 N–H and O–H groups in total. The first-order valence-corrected chi connectivity index (χ1v) is 5.35. The van der Waals surface area contributed by atoms with Crippen LogP contribution in [0.15, 0.2) is 18.2 Å². The average molecular weight is 263 g/mol. The van der Waals surface area contributed by atoms with Gasteiger partial charge in [-0.3, -0.25) is 4.79 Å². The first-order valence-electron chi connectivity index (χ1n) is 5.35. The van der Waals surface area contributed by atoms with Gasteiger partial charge in [-0.1, -0.05) is 0 Å². The Labute approximate surface area is 108 Å². The molecule has 2 aromatic rings. The second-order valence-corrected chi connectivity index (χ2v) is 3.58. The zero-order valence-corrected chi connectivity index (χ0v) is 10.4. The van der Waals surface area contributed by atoms with E-state index in [1.54, 1.807) is 18.2 Å². The van der Waals surface area contributed by atoms with E-state index >= 15 is 0 Å². The predicted molar refractivity (Wildman–Crippen MR) is 68.3 cm³/mol. The Bertz CT molecular complexity index is 596. The lowest BCUT2D eigenvalue weighted by molar-refractivity contribution is 0.102. The molecule has 19 heavy (non-hydrogen) atoms. The van der Waals surface area contributed by atoms with E-state index in [4.69, 9.17) is 15.2 Å². The molecule has 8 heteroatoms. The van der Waals surface area contributed by atoms with Gasteiger partial charge < -0.3 is 20.5 Å². The van der Waals surface area contributed by atoms with E-state index < -0.39 is 5.91 Å². The Morgan fingerprint density at radius 2 is 2.11 bits per heavy atom. The monoisotopic (exact) mass is 263 g/mol. The van der Waals surface area contributed by atoms with Crippen molar-refractivity contribution >= 4 is 17.4 Å². The smallest absolute Gasteiger partial charge is 0.280 e. The number of carbonyl (C=O) groups is 1. The summed E-state index contributed by atoms with van der Waals surface area (Å²) in [5.74, 6) is 0.623. The maximum atomic E-state index is 12.0. The number of anilines is 2. The standard InChI is InChI=1S/C11H13N5O3/c1-18-6-3-4-8(19-2)7(5-6)13-11(17)9-10(12)15-16-14-9/h3-5H,1-2H3,(H,13,17)(H3,12,14,15,16). The summed E-state index contributed by atoms with van der Waals surface area (Å²) in [6.45, 7) is 0. The number of aromatic nitrogens is 3. The summed E-state index contributed by atoms with van der Waals surface area (Å²) in [5.41, 5.74) is 5.97. The Morgan fingerprint density at radius 3 is 2.68 bits per heavy atom. The number of ether oxygens (including phenoxy) is 2. The molecule has 0 bridgehead atoms. The van der Waals surface area contributed by atoms with Gasteiger partial charge in [0.15, 0.2) is 11.5 Å².